The largest absolute Gasteiger partial charge is 0.481 e. The average molecular weight is 1150 g/mol. The van der Waals surface area contributed by atoms with Gasteiger partial charge in [-0.15, -0.1) is 11.8 Å². The third-order valence-electron chi connectivity index (χ3n) is 11.0. The van der Waals surface area contributed by atoms with E-state index in [0.29, 0.717) is 25.8 Å². The zero-order valence-corrected chi connectivity index (χ0v) is 44.6. The number of aliphatic imine (C=N–C) groups is 1. The van der Waals surface area contributed by atoms with E-state index in [9.17, 15) is 77.3 Å². The van der Waals surface area contributed by atoms with Crippen LogP contribution in [0.15, 0.2) is 4.99 Å². The summed E-state index contributed by atoms with van der Waals surface area (Å²) in [7, 11) is 0. The van der Waals surface area contributed by atoms with Crippen molar-refractivity contribution in [1.29, 1.82) is 0 Å². The summed E-state index contributed by atoms with van der Waals surface area (Å²) in [6.07, 6.45) is 0.678. The fraction of sp³-hybridized carbons (Fsp3) is 0.659. The number of guanidine groups is 1. The summed E-state index contributed by atoms with van der Waals surface area (Å²) >= 11 is 1.20. The zero-order valence-electron chi connectivity index (χ0n) is 43.8. The number of aliphatic hydroxyl groups is 1. The summed E-state index contributed by atoms with van der Waals surface area (Å²) in [4.78, 5) is 179. The molecule has 34 nitrogen and oxygen atoms in total. The molecule has 0 spiro atoms. The Balaban J connectivity index is 2.68. The molecule has 0 aromatic heterocycles. The van der Waals surface area contributed by atoms with Gasteiger partial charge in [-0.2, -0.15) is 0 Å². The average Bonchev–Trinajstić information content (AvgIpc) is 3.90. The highest BCUT2D eigenvalue weighted by Crippen LogP contribution is 2.19. The second-order valence-corrected chi connectivity index (χ2v) is 18.6. The van der Waals surface area contributed by atoms with Crippen molar-refractivity contribution in [3.8, 4) is 0 Å². The number of primary amides is 1. The maximum atomic E-state index is 13.5. The predicted octanol–water partition coefficient (Wildman–Crippen LogP) is -10.3. The molecule has 23 N–H and O–H groups in total. The molecule has 13 amide bonds. The summed E-state index contributed by atoms with van der Waals surface area (Å²) in [6.45, 7) is -2.24. The molecule has 0 aromatic carbocycles. The Morgan fingerprint density at radius 2 is 1.20 bits per heavy atom. The first-order valence-corrected chi connectivity index (χ1v) is 26.1. The third-order valence-corrected chi connectivity index (χ3v) is 12.0. The highest BCUT2D eigenvalue weighted by molar-refractivity contribution is 7.99. The zero-order chi connectivity index (χ0) is 59.5. The molecule has 0 unspecified atom stereocenters. The Bertz CT molecular complexity index is 2170. The van der Waals surface area contributed by atoms with Gasteiger partial charge in [-0.1, -0.05) is 0 Å². The first-order valence-electron chi connectivity index (χ1n) is 25.0. The van der Waals surface area contributed by atoms with Crippen molar-refractivity contribution in [2.24, 2.45) is 33.7 Å². The molecule has 1 rings (SSSR count). The number of aliphatic carboxylic acids is 1. The molecular weight excluding hydrogens is 1070 g/mol. The maximum absolute atomic E-state index is 13.5. The van der Waals surface area contributed by atoms with Crippen LogP contribution in [0.2, 0.25) is 0 Å². The van der Waals surface area contributed by atoms with E-state index in [1.165, 1.54) is 18.7 Å². The second-order valence-electron chi connectivity index (χ2n) is 17.5. The minimum atomic E-state index is -1.86. The van der Waals surface area contributed by atoms with E-state index in [1.807, 2.05) is 0 Å². The lowest BCUT2D eigenvalue weighted by atomic mass is 10.1. The lowest BCUT2D eigenvalue weighted by molar-refractivity contribution is -0.144. The van der Waals surface area contributed by atoms with Gasteiger partial charge in [0.1, 0.15) is 30.2 Å². The van der Waals surface area contributed by atoms with E-state index in [1.54, 1.807) is 0 Å². The van der Waals surface area contributed by atoms with Crippen LogP contribution in [0, 0.1) is 0 Å². The van der Waals surface area contributed by atoms with Gasteiger partial charge in [0.05, 0.1) is 57.7 Å². The molecule has 79 heavy (non-hydrogen) atoms. The second kappa shape index (κ2) is 38.6. The highest BCUT2D eigenvalue weighted by Gasteiger charge is 2.39. The number of nitrogens with one attached hydrogen (secondary N) is 11. The van der Waals surface area contributed by atoms with E-state index in [4.69, 9.17) is 28.7 Å². The molecule has 444 valence electrons. The van der Waals surface area contributed by atoms with Gasteiger partial charge in [0.2, 0.25) is 76.8 Å². The van der Waals surface area contributed by atoms with Gasteiger partial charge in [0.15, 0.2) is 5.96 Å². The van der Waals surface area contributed by atoms with Gasteiger partial charge < -0.3 is 102 Å². The van der Waals surface area contributed by atoms with Crippen molar-refractivity contribution in [3.05, 3.63) is 0 Å². The monoisotopic (exact) mass is 1140 g/mol. The number of nitrogens with two attached hydrogens (primary N) is 5. The van der Waals surface area contributed by atoms with Crippen LogP contribution < -0.4 is 87.2 Å². The number of hydrogen-bond acceptors (Lipinski definition) is 19. The Hall–Kier alpha value is -7.92. The smallest absolute Gasteiger partial charge is 0.305 e. The first kappa shape index (κ1) is 69.1. The Kier molecular flexibility index (Phi) is 33.8. The van der Waals surface area contributed by atoms with Crippen LogP contribution in [-0.2, 0) is 67.1 Å². The van der Waals surface area contributed by atoms with E-state index < -0.39 is 159 Å². The predicted molar refractivity (Wildman–Crippen MR) is 280 cm³/mol. The highest BCUT2D eigenvalue weighted by atomic mass is 32.2. The van der Waals surface area contributed by atoms with E-state index in [0.717, 1.165) is 4.90 Å². The summed E-state index contributed by atoms with van der Waals surface area (Å²) in [5, 5.41) is 45.3. The van der Waals surface area contributed by atoms with Crippen LogP contribution in [0.4, 0.5) is 0 Å². The van der Waals surface area contributed by atoms with Crippen LogP contribution in [0.1, 0.15) is 71.1 Å². The van der Waals surface area contributed by atoms with Crippen molar-refractivity contribution in [3.63, 3.8) is 0 Å². The van der Waals surface area contributed by atoms with Crippen LogP contribution >= 0.6 is 11.8 Å². The van der Waals surface area contributed by atoms with Crippen molar-refractivity contribution >= 4 is 100 Å². The number of thioether (sulfide) groups is 1. The number of carboxylic acids is 1. The Morgan fingerprint density at radius 1 is 0.633 bits per heavy atom. The van der Waals surface area contributed by atoms with Crippen molar-refractivity contribution in [2.45, 2.75) is 107 Å². The van der Waals surface area contributed by atoms with Gasteiger partial charge in [-0.3, -0.25) is 72.1 Å². The molecular formula is C44H76N18O16S. The number of hydrogen-bond donors (Lipinski definition) is 18. The lowest BCUT2D eigenvalue weighted by Crippen LogP contribution is -2.59. The van der Waals surface area contributed by atoms with E-state index in [-0.39, 0.29) is 81.7 Å². The standard InChI is InChI=1S/C44H76N18O16S/c1-24(64)57-23-79-22-25(46)39(74)55-18-34(68)54-17-33(67)53-16-32(66)50-12-5-10-31(65)52-19-35(69)58-27(8-4-13-51-44(48)49)40(75)56-20-36(70)59-28(15-37(71)72)41(76)61-29(21-63)43(78)62-14-6-9-30(62)42(77)60-26(38(47)73)7-2-3-11-45/h25-30,63H,2-23,45-46H2,1H3,(H2,47,73)(H,50,66)(H,52,65)(H,53,67)(H,54,68)(H,55,74)(H,56,75)(H,57,64)(H,58,69)(H,59,70)(H,60,77)(H,61,76)(H,71,72)(H4,48,49,51)/t25-,26-,27-,28-,29-,30-/m0/s1. The molecule has 1 fully saturated rings. The van der Waals surface area contributed by atoms with Crippen molar-refractivity contribution < 1.29 is 77.3 Å². The van der Waals surface area contributed by atoms with Crippen LogP contribution in [-0.4, -0.2) is 217 Å². The SMILES string of the molecule is CC(=O)NCSC[C@H](N)C(=O)NCC(=O)NCC(=O)NCC(=O)NCCCC(=O)NCC(=O)N[C@@H](CCCN=C(N)N)C(=O)NCC(=O)N[C@@H](CC(=O)O)C(=O)N[C@@H](CO)C(=O)N1CCC[C@H]1C(=O)N[C@@H](CCCCN)C(N)=O. The Labute approximate surface area is 458 Å². The van der Waals surface area contributed by atoms with Gasteiger partial charge in [-0.25, -0.2) is 0 Å². The number of nitrogens with zero attached hydrogens (tertiary/aromatic N) is 2. The molecule has 0 radical (unpaired) electrons. The molecule has 1 aliphatic heterocycles. The summed E-state index contributed by atoms with van der Waals surface area (Å²) < 4.78 is 0. The molecule has 1 aliphatic rings. The fourth-order valence-corrected chi connectivity index (χ4v) is 7.78. The van der Waals surface area contributed by atoms with Crippen molar-refractivity contribution in [2.75, 3.05) is 77.1 Å². The van der Waals surface area contributed by atoms with Gasteiger partial charge >= 0.3 is 5.97 Å². The molecule has 0 aliphatic carbocycles. The quantitative estimate of drug-likeness (QED) is 0.0118. The fourth-order valence-electron chi connectivity index (χ4n) is 6.95. The first-order chi connectivity index (χ1) is 37.4. The van der Waals surface area contributed by atoms with E-state index >= 15 is 0 Å². The third kappa shape index (κ3) is 30.6. The molecule has 1 heterocycles. The molecule has 35 heteroatoms. The molecule has 0 saturated carbocycles. The normalized spacial score (nSPS) is 14.4. The van der Waals surface area contributed by atoms with Crippen molar-refractivity contribution in [1.82, 2.24) is 63.4 Å². The molecule has 1 saturated heterocycles. The number of carbonyl (C=O) groups is 14. The number of amides is 13. The number of unbranched alkanes of at least 4 members (excludes halogenated alkanes) is 1. The molecule has 6 atom stereocenters. The topological polar surface area (TPSA) is 557 Å². The maximum Gasteiger partial charge on any atom is 0.305 e. The molecule has 0 bridgehead atoms. The number of aliphatic hydroxyl groups excluding tert-OH is 1. The summed E-state index contributed by atoms with van der Waals surface area (Å²) in [5.74, 6) is -11.5. The minimum Gasteiger partial charge on any atom is -0.481 e. The lowest BCUT2D eigenvalue weighted by Gasteiger charge is -2.29. The van der Waals surface area contributed by atoms with Crippen LogP contribution in [0.3, 0.4) is 0 Å². The van der Waals surface area contributed by atoms with Gasteiger partial charge in [-0.05, 0) is 57.9 Å². The molecule has 0 aromatic rings. The number of carboxylic acid groups (broad SMARTS) is 1. The summed E-state index contributed by atoms with van der Waals surface area (Å²) in [5.41, 5.74) is 27.4. The number of carbonyl (C=O) groups excluding carboxylic acids is 13. The van der Waals surface area contributed by atoms with Crippen LogP contribution in [0.5, 0.6) is 0 Å². The number of rotatable bonds is 39. The van der Waals surface area contributed by atoms with Gasteiger partial charge in [0, 0.05) is 38.7 Å². The minimum absolute atomic E-state index is 0.0180. The van der Waals surface area contributed by atoms with E-state index in [2.05, 4.69) is 63.5 Å². The van der Waals surface area contributed by atoms with Gasteiger partial charge in [0.25, 0.3) is 0 Å². The summed E-state index contributed by atoms with van der Waals surface area (Å²) in [6, 6.07) is -8.03. The van der Waals surface area contributed by atoms with Crippen LogP contribution in [0.25, 0.3) is 0 Å². The Morgan fingerprint density at radius 3 is 1.80 bits per heavy atom. The number of likely N-dealkylation sites (tertiary alicyclic amines) is 1.